The molecule has 0 saturated carbocycles. The third kappa shape index (κ3) is 2.15. The van der Waals surface area contributed by atoms with Gasteiger partial charge in [-0.3, -0.25) is 4.79 Å². The molecule has 114 valence electrons. The zero-order valence-electron chi connectivity index (χ0n) is 12.5. The van der Waals surface area contributed by atoms with Crippen LogP contribution in [-0.4, -0.2) is 13.1 Å². The Morgan fingerprint density at radius 3 is 2.91 bits per heavy atom. The summed E-state index contributed by atoms with van der Waals surface area (Å²) in [6.07, 6.45) is 5.73. The highest BCUT2D eigenvalue weighted by molar-refractivity contribution is 5.70. The first-order valence-corrected chi connectivity index (χ1v) is 7.60. The zero-order chi connectivity index (χ0) is 15.1. The predicted octanol–water partition coefficient (Wildman–Crippen LogP) is 3.18. The summed E-state index contributed by atoms with van der Waals surface area (Å²) in [6, 6.07) is 6.31. The van der Waals surface area contributed by atoms with Gasteiger partial charge in [0, 0.05) is 12.0 Å². The maximum atomic E-state index is 11.5. The second-order valence-electron chi connectivity index (χ2n) is 6.08. The van der Waals surface area contributed by atoms with Gasteiger partial charge in [-0.1, -0.05) is 12.1 Å². The number of carbonyl (C=O) groups is 1. The number of ether oxygens (including phenoxy) is 2. The summed E-state index contributed by atoms with van der Waals surface area (Å²) >= 11 is 0. The Kier molecular flexibility index (Phi) is 3.26. The molecule has 0 spiro atoms. The van der Waals surface area contributed by atoms with Gasteiger partial charge in [0.1, 0.15) is 6.10 Å². The SMILES string of the molecule is COC(=O)C[C@H]1Cc2ccc3c(c2C1)[C@@H](c1ccoc1)OC3. The molecule has 4 nitrogen and oxygen atoms in total. The number of rotatable bonds is 3. The van der Waals surface area contributed by atoms with Crippen LogP contribution < -0.4 is 0 Å². The number of methoxy groups -OCH3 is 1. The molecule has 1 aromatic heterocycles. The fraction of sp³-hybridized carbons (Fsp3) is 0.389. The van der Waals surface area contributed by atoms with Gasteiger partial charge >= 0.3 is 5.97 Å². The number of hydrogen-bond donors (Lipinski definition) is 0. The van der Waals surface area contributed by atoms with Crippen molar-refractivity contribution in [2.24, 2.45) is 5.92 Å². The van der Waals surface area contributed by atoms with Gasteiger partial charge in [-0.05, 0) is 47.1 Å². The molecular weight excluding hydrogens is 280 g/mol. The highest BCUT2D eigenvalue weighted by Crippen LogP contribution is 2.43. The molecule has 2 aromatic rings. The van der Waals surface area contributed by atoms with Crippen LogP contribution in [0.1, 0.15) is 40.3 Å². The second kappa shape index (κ2) is 5.29. The lowest BCUT2D eigenvalue weighted by Crippen LogP contribution is -2.10. The van der Waals surface area contributed by atoms with Crippen molar-refractivity contribution < 1.29 is 18.7 Å². The van der Waals surface area contributed by atoms with E-state index in [0.29, 0.717) is 18.9 Å². The first-order chi connectivity index (χ1) is 10.8. The minimum absolute atomic E-state index is 0.0411. The highest BCUT2D eigenvalue weighted by atomic mass is 16.5. The Morgan fingerprint density at radius 1 is 1.27 bits per heavy atom. The Balaban J connectivity index is 1.67. The van der Waals surface area contributed by atoms with E-state index in [1.807, 2.05) is 6.07 Å². The molecule has 4 heteroatoms. The highest BCUT2D eigenvalue weighted by Gasteiger charge is 2.34. The molecular formula is C18H18O4. The smallest absolute Gasteiger partial charge is 0.305 e. The molecule has 0 N–H and O–H groups in total. The van der Waals surface area contributed by atoms with E-state index in [1.165, 1.54) is 29.4 Å². The molecule has 2 heterocycles. The summed E-state index contributed by atoms with van der Waals surface area (Å²) in [6.45, 7) is 0.639. The van der Waals surface area contributed by atoms with Crippen LogP contribution in [0.25, 0.3) is 0 Å². The number of fused-ring (bicyclic) bond motifs is 3. The number of benzene rings is 1. The summed E-state index contributed by atoms with van der Waals surface area (Å²) in [7, 11) is 1.45. The zero-order valence-corrected chi connectivity index (χ0v) is 12.5. The lowest BCUT2D eigenvalue weighted by Gasteiger charge is -2.13. The molecule has 4 rings (SSSR count). The fourth-order valence-corrected chi connectivity index (χ4v) is 3.72. The van der Waals surface area contributed by atoms with Crippen LogP contribution in [0, 0.1) is 5.92 Å². The van der Waals surface area contributed by atoms with Gasteiger partial charge in [-0.15, -0.1) is 0 Å². The van der Waals surface area contributed by atoms with Crippen molar-refractivity contribution in [3.8, 4) is 0 Å². The predicted molar refractivity (Wildman–Crippen MR) is 79.3 cm³/mol. The maximum Gasteiger partial charge on any atom is 0.305 e. The molecule has 2 aliphatic rings. The Hall–Kier alpha value is -2.07. The maximum absolute atomic E-state index is 11.5. The van der Waals surface area contributed by atoms with E-state index in [-0.39, 0.29) is 12.1 Å². The first-order valence-electron chi connectivity index (χ1n) is 7.60. The van der Waals surface area contributed by atoms with Gasteiger partial charge in [0.25, 0.3) is 0 Å². The molecule has 0 saturated heterocycles. The molecule has 2 atom stereocenters. The third-order valence-electron chi connectivity index (χ3n) is 4.74. The Labute approximate surface area is 129 Å². The van der Waals surface area contributed by atoms with Gasteiger partial charge in [0.15, 0.2) is 0 Å². The van der Waals surface area contributed by atoms with Gasteiger partial charge in [0.05, 0.1) is 26.2 Å². The fourth-order valence-electron chi connectivity index (χ4n) is 3.72. The third-order valence-corrected chi connectivity index (χ3v) is 4.74. The second-order valence-corrected chi connectivity index (χ2v) is 6.08. The lowest BCUT2D eigenvalue weighted by molar-refractivity contribution is -0.141. The minimum Gasteiger partial charge on any atom is -0.472 e. The van der Waals surface area contributed by atoms with Crippen molar-refractivity contribution in [2.75, 3.05) is 7.11 Å². The van der Waals surface area contributed by atoms with Gasteiger partial charge in [-0.2, -0.15) is 0 Å². The summed E-state index contributed by atoms with van der Waals surface area (Å²) in [5.74, 6) is 0.205. The summed E-state index contributed by atoms with van der Waals surface area (Å²) in [5, 5.41) is 0. The van der Waals surface area contributed by atoms with Crippen LogP contribution in [0.4, 0.5) is 0 Å². The molecule has 0 amide bonds. The van der Waals surface area contributed by atoms with Gasteiger partial charge < -0.3 is 13.9 Å². The van der Waals surface area contributed by atoms with Crippen LogP contribution in [0.5, 0.6) is 0 Å². The van der Waals surface area contributed by atoms with Crippen molar-refractivity contribution in [1.82, 2.24) is 0 Å². The number of carbonyl (C=O) groups excluding carboxylic acids is 1. The van der Waals surface area contributed by atoms with E-state index < -0.39 is 0 Å². The quantitative estimate of drug-likeness (QED) is 0.817. The van der Waals surface area contributed by atoms with Crippen LogP contribution in [-0.2, 0) is 33.7 Å². The van der Waals surface area contributed by atoms with E-state index in [4.69, 9.17) is 13.9 Å². The average molecular weight is 298 g/mol. The van der Waals surface area contributed by atoms with Crippen LogP contribution in [0.3, 0.4) is 0 Å². The monoisotopic (exact) mass is 298 g/mol. The normalized spacial score (nSPS) is 22.4. The Morgan fingerprint density at radius 2 is 2.14 bits per heavy atom. The largest absolute Gasteiger partial charge is 0.472 e. The summed E-state index contributed by atoms with van der Waals surface area (Å²) in [5.41, 5.74) is 6.29. The number of esters is 1. The van der Waals surface area contributed by atoms with E-state index in [2.05, 4.69) is 12.1 Å². The number of furan rings is 1. The summed E-state index contributed by atoms with van der Waals surface area (Å²) in [4.78, 5) is 11.5. The molecule has 0 fully saturated rings. The molecule has 0 bridgehead atoms. The van der Waals surface area contributed by atoms with Crippen LogP contribution >= 0.6 is 0 Å². The van der Waals surface area contributed by atoms with Gasteiger partial charge in [0.2, 0.25) is 0 Å². The molecule has 0 radical (unpaired) electrons. The summed E-state index contributed by atoms with van der Waals surface area (Å²) < 4.78 is 16.0. The topological polar surface area (TPSA) is 48.7 Å². The van der Waals surface area contributed by atoms with E-state index in [0.717, 1.165) is 18.4 Å². The van der Waals surface area contributed by atoms with E-state index in [1.54, 1.807) is 12.5 Å². The Bertz CT molecular complexity index is 702. The van der Waals surface area contributed by atoms with Crippen molar-refractivity contribution in [1.29, 1.82) is 0 Å². The average Bonchev–Trinajstić information content (AvgIpc) is 3.23. The standard InChI is InChI=1S/C18H18O4/c1-20-16(19)8-11-6-12-2-3-13-10-22-18(14-4-5-21-9-14)17(13)15(12)7-11/h2-5,9,11,18H,6-8,10H2,1H3/t11-,18+/m0/s1. The van der Waals surface area contributed by atoms with Crippen molar-refractivity contribution in [3.05, 3.63) is 58.5 Å². The first kappa shape index (κ1) is 13.6. The van der Waals surface area contributed by atoms with Crippen LogP contribution in [0.15, 0.2) is 35.1 Å². The van der Waals surface area contributed by atoms with Crippen molar-refractivity contribution >= 4 is 5.97 Å². The van der Waals surface area contributed by atoms with E-state index in [9.17, 15) is 4.79 Å². The van der Waals surface area contributed by atoms with Crippen molar-refractivity contribution in [3.63, 3.8) is 0 Å². The molecule has 0 unspecified atom stereocenters. The van der Waals surface area contributed by atoms with Gasteiger partial charge in [-0.25, -0.2) is 0 Å². The lowest BCUT2D eigenvalue weighted by atomic mass is 9.93. The van der Waals surface area contributed by atoms with E-state index >= 15 is 0 Å². The van der Waals surface area contributed by atoms with Crippen LogP contribution in [0.2, 0.25) is 0 Å². The molecule has 1 aliphatic heterocycles. The number of hydrogen-bond acceptors (Lipinski definition) is 4. The molecule has 1 aromatic carbocycles. The minimum atomic E-state index is -0.128. The molecule has 1 aliphatic carbocycles. The van der Waals surface area contributed by atoms with Crippen molar-refractivity contribution in [2.45, 2.75) is 32.0 Å². The molecule has 22 heavy (non-hydrogen) atoms.